The van der Waals surface area contributed by atoms with Crippen molar-refractivity contribution in [2.75, 3.05) is 48.4 Å². The third kappa shape index (κ3) is 5.87. The Hall–Kier alpha value is -3.24. The molecule has 152 valence electrons. The molecule has 0 saturated carbocycles. The fourth-order valence-electron chi connectivity index (χ4n) is 3.05. The number of hydrogen-bond donors (Lipinski definition) is 2. The number of anilines is 3. The quantitative estimate of drug-likeness (QED) is 0.750. The van der Waals surface area contributed by atoms with Gasteiger partial charge >= 0.3 is 0 Å². The Morgan fingerprint density at radius 1 is 1.21 bits per heavy atom. The fourth-order valence-corrected chi connectivity index (χ4v) is 3.05. The number of nitrogens with one attached hydrogen (secondary N) is 2. The van der Waals surface area contributed by atoms with E-state index in [-0.39, 0.29) is 18.6 Å². The molecule has 0 aliphatic carbocycles. The molecule has 7 nitrogen and oxygen atoms in total. The summed E-state index contributed by atoms with van der Waals surface area (Å²) < 4.78 is 11.1. The summed E-state index contributed by atoms with van der Waals surface area (Å²) in [5.41, 5.74) is 2.98. The predicted molar refractivity (Wildman–Crippen MR) is 114 cm³/mol. The van der Waals surface area contributed by atoms with Gasteiger partial charge < -0.3 is 25.0 Å². The smallest absolute Gasteiger partial charge is 0.243 e. The molecule has 1 amide bonds. The van der Waals surface area contributed by atoms with E-state index in [9.17, 15) is 4.79 Å². The number of nitriles is 1. The first-order chi connectivity index (χ1) is 14.0. The van der Waals surface area contributed by atoms with Crippen LogP contribution in [-0.4, -0.2) is 44.9 Å². The molecule has 0 bridgehead atoms. The number of rotatable bonds is 7. The third-order valence-corrected chi connectivity index (χ3v) is 4.44. The van der Waals surface area contributed by atoms with E-state index in [4.69, 9.17) is 14.7 Å². The van der Waals surface area contributed by atoms with Gasteiger partial charge in [-0.05, 0) is 56.3 Å². The van der Waals surface area contributed by atoms with Crippen LogP contribution in [0.1, 0.15) is 19.4 Å². The molecule has 7 heteroatoms. The van der Waals surface area contributed by atoms with Crippen LogP contribution < -0.4 is 20.3 Å². The number of benzene rings is 2. The van der Waals surface area contributed by atoms with Crippen LogP contribution in [0.15, 0.2) is 42.5 Å². The van der Waals surface area contributed by atoms with Crippen LogP contribution in [0.5, 0.6) is 5.75 Å². The lowest BCUT2D eigenvalue weighted by Gasteiger charge is -2.28. The lowest BCUT2D eigenvalue weighted by Crippen LogP contribution is -2.36. The topological polar surface area (TPSA) is 86.6 Å². The Labute approximate surface area is 171 Å². The maximum Gasteiger partial charge on any atom is 0.243 e. The van der Waals surface area contributed by atoms with E-state index in [1.165, 1.54) is 0 Å². The first-order valence-electron chi connectivity index (χ1n) is 9.72. The van der Waals surface area contributed by atoms with Gasteiger partial charge in [0.05, 0.1) is 43.2 Å². The van der Waals surface area contributed by atoms with Crippen molar-refractivity contribution < 1.29 is 14.3 Å². The second-order valence-electron chi connectivity index (χ2n) is 7.04. The number of ether oxygens (including phenoxy) is 2. The minimum Gasteiger partial charge on any atom is -0.489 e. The van der Waals surface area contributed by atoms with Crippen LogP contribution in [0.4, 0.5) is 17.1 Å². The molecule has 0 unspecified atom stereocenters. The predicted octanol–water partition coefficient (Wildman–Crippen LogP) is 3.23. The van der Waals surface area contributed by atoms with E-state index in [1.807, 2.05) is 38.1 Å². The third-order valence-electron chi connectivity index (χ3n) is 4.44. The minimum absolute atomic E-state index is 0.0118. The fraction of sp³-hybridized carbons (Fsp3) is 0.364. The zero-order chi connectivity index (χ0) is 20.6. The highest BCUT2D eigenvalue weighted by Gasteiger charge is 2.12. The average Bonchev–Trinajstić information content (AvgIpc) is 2.74. The SMILES string of the molecule is CC(C)Oc1ccc(C#N)cc1NCC(=O)Nc1ccc(N2CCOCC2)cc1. The highest BCUT2D eigenvalue weighted by atomic mass is 16.5. The normalized spacial score (nSPS) is 13.7. The summed E-state index contributed by atoms with van der Waals surface area (Å²) in [6.45, 7) is 7.13. The maximum absolute atomic E-state index is 12.4. The van der Waals surface area contributed by atoms with Crippen LogP contribution in [0.2, 0.25) is 0 Å². The number of nitrogens with zero attached hydrogens (tertiary/aromatic N) is 2. The number of carbonyl (C=O) groups is 1. The molecule has 0 atom stereocenters. The van der Waals surface area contributed by atoms with Gasteiger partial charge in [-0.1, -0.05) is 0 Å². The summed E-state index contributed by atoms with van der Waals surface area (Å²) in [4.78, 5) is 14.6. The van der Waals surface area contributed by atoms with Crippen molar-refractivity contribution in [3.05, 3.63) is 48.0 Å². The monoisotopic (exact) mass is 394 g/mol. The molecule has 2 aromatic rings. The second kappa shape index (κ2) is 9.80. The van der Waals surface area contributed by atoms with Gasteiger partial charge in [0.2, 0.25) is 5.91 Å². The molecule has 0 aromatic heterocycles. The zero-order valence-corrected chi connectivity index (χ0v) is 16.8. The number of amides is 1. The Morgan fingerprint density at radius 3 is 2.59 bits per heavy atom. The van der Waals surface area contributed by atoms with Crippen molar-refractivity contribution >= 4 is 23.0 Å². The molecule has 0 spiro atoms. The summed E-state index contributed by atoms with van der Waals surface area (Å²) in [5.74, 6) is 0.434. The van der Waals surface area contributed by atoms with Crippen LogP contribution >= 0.6 is 0 Å². The summed E-state index contributed by atoms with van der Waals surface area (Å²) in [7, 11) is 0. The summed E-state index contributed by atoms with van der Waals surface area (Å²) in [6.07, 6.45) is -0.0118. The van der Waals surface area contributed by atoms with Gasteiger partial charge in [-0.2, -0.15) is 5.26 Å². The van der Waals surface area contributed by atoms with Crippen molar-refractivity contribution in [2.24, 2.45) is 0 Å². The summed E-state index contributed by atoms with van der Waals surface area (Å²) in [6, 6.07) is 15.0. The molecule has 2 aromatic carbocycles. The molecule has 2 N–H and O–H groups in total. The molecule has 0 radical (unpaired) electrons. The van der Waals surface area contributed by atoms with E-state index in [0.29, 0.717) is 17.0 Å². The Balaban J connectivity index is 1.58. The van der Waals surface area contributed by atoms with Gasteiger partial charge in [0.1, 0.15) is 5.75 Å². The van der Waals surface area contributed by atoms with Crippen molar-refractivity contribution in [2.45, 2.75) is 20.0 Å². The molecule has 1 fully saturated rings. The van der Waals surface area contributed by atoms with Gasteiger partial charge in [0, 0.05) is 24.5 Å². The first kappa shape index (κ1) is 20.5. The maximum atomic E-state index is 12.4. The van der Waals surface area contributed by atoms with Crippen LogP contribution in [0.3, 0.4) is 0 Å². The Kier molecular flexibility index (Phi) is 6.93. The van der Waals surface area contributed by atoms with Crippen LogP contribution in [0.25, 0.3) is 0 Å². The highest BCUT2D eigenvalue weighted by molar-refractivity contribution is 5.94. The summed E-state index contributed by atoms with van der Waals surface area (Å²) >= 11 is 0. The lowest BCUT2D eigenvalue weighted by atomic mass is 10.2. The van der Waals surface area contributed by atoms with E-state index in [1.54, 1.807) is 18.2 Å². The number of morpholine rings is 1. The van der Waals surface area contributed by atoms with Gasteiger partial charge in [0.15, 0.2) is 0 Å². The van der Waals surface area contributed by atoms with Gasteiger partial charge in [0.25, 0.3) is 0 Å². The highest BCUT2D eigenvalue weighted by Crippen LogP contribution is 2.26. The second-order valence-corrected chi connectivity index (χ2v) is 7.04. The van der Waals surface area contributed by atoms with Gasteiger partial charge in [-0.25, -0.2) is 0 Å². The van der Waals surface area contributed by atoms with Crippen molar-refractivity contribution in [1.82, 2.24) is 0 Å². The molecule has 1 saturated heterocycles. The molecule has 1 aliphatic rings. The summed E-state index contributed by atoms with van der Waals surface area (Å²) in [5, 5.41) is 15.1. The molecule has 1 heterocycles. The largest absolute Gasteiger partial charge is 0.489 e. The molecule has 29 heavy (non-hydrogen) atoms. The van der Waals surface area contributed by atoms with Crippen molar-refractivity contribution in [1.29, 1.82) is 5.26 Å². The minimum atomic E-state index is -0.179. The lowest BCUT2D eigenvalue weighted by molar-refractivity contribution is -0.114. The molecular weight excluding hydrogens is 368 g/mol. The first-order valence-corrected chi connectivity index (χ1v) is 9.72. The standard InChI is InChI=1S/C22H26N4O3/c1-16(2)29-21-8-3-17(14-23)13-20(21)24-15-22(27)25-18-4-6-19(7-5-18)26-9-11-28-12-10-26/h3-8,13,16,24H,9-12,15H2,1-2H3,(H,25,27). The average molecular weight is 394 g/mol. The van der Waals surface area contributed by atoms with Crippen LogP contribution in [0, 0.1) is 11.3 Å². The van der Waals surface area contributed by atoms with E-state index >= 15 is 0 Å². The molecule has 3 rings (SSSR count). The zero-order valence-electron chi connectivity index (χ0n) is 16.8. The van der Waals surface area contributed by atoms with Crippen molar-refractivity contribution in [3.8, 4) is 11.8 Å². The Bertz CT molecular complexity index is 869. The number of hydrogen-bond acceptors (Lipinski definition) is 6. The van der Waals surface area contributed by atoms with Crippen molar-refractivity contribution in [3.63, 3.8) is 0 Å². The van der Waals surface area contributed by atoms with Gasteiger partial charge in [-0.15, -0.1) is 0 Å². The van der Waals surface area contributed by atoms with Crippen LogP contribution in [-0.2, 0) is 9.53 Å². The molecule has 1 aliphatic heterocycles. The Morgan fingerprint density at radius 2 is 1.93 bits per heavy atom. The number of carbonyl (C=O) groups excluding carboxylic acids is 1. The van der Waals surface area contributed by atoms with Gasteiger partial charge in [-0.3, -0.25) is 4.79 Å². The van der Waals surface area contributed by atoms with E-state index < -0.39 is 0 Å². The van der Waals surface area contributed by atoms with E-state index in [2.05, 4.69) is 21.6 Å². The molecular formula is C22H26N4O3. The van der Waals surface area contributed by atoms with E-state index in [0.717, 1.165) is 37.7 Å².